The second-order valence-electron chi connectivity index (χ2n) is 4.43. The van der Waals surface area contributed by atoms with Crippen LogP contribution in [0.25, 0.3) is 0 Å². The van der Waals surface area contributed by atoms with Crippen LogP contribution < -0.4 is 0 Å². The van der Waals surface area contributed by atoms with Crippen molar-refractivity contribution in [2.75, 3.05) is 0 Å². The number of hydrogen-bond donors (Lipinski definition) is 0. The summed E-state index contributed by atoms with van der Waals surface area (Å²) in [5.41, 5.74) is 1.98. The quantitative estimate of drug-likeness (QED) is 0.464. The summed E-state index contributed by atoms with van der Waals surface area (Å²) in [7, 11) is 0. The van der Waals surface area contributed by atoms with E-state index in [0.717, 1.165) is 0 Å². The molecular formula is C11H19. The molecule has 0 fully saturated rings. The molecule has 0 aromatic carbocycles. The Morgan fingerprint density at radius 2 is 2.09 bits per heavy atom. The van der Waals surface area contributed by atoms with Crippen LogP contribution in [0, 0.1) is 17.8 Å². The Morgan fingerprint density at radius 1 is 1.45 bits per heavy atom. The zero-order valence-electron chi connectivity index (χ0n) is 8.15. The molecule has 0 aliphatic heterocycles. The van der Waals surface area contributed by atoms with Gasteiger partial charge in [-0.1, -0.05) is 32.4 Å². The van der Waals surface area contributed by atoms with Crippen LogP contribution in [0.1, 0.15) is 40.5 Å². The Bertz CT molecular complexity index is 163. The first-order chi connectivity index (χ1) is 5.01. The van der Waals surface area contributed by atoms with Crippen molar-refractivity contribution in [2.45, 2.75) is 40.5 Å². The van der Waals surface area contributed by atoms with Gasteiger partial charge in [0.15, 0.2) is 0 Å². The summed E-state index contributed by atoms with van der Waals surface area (Å²) in [4.78, 5) is 0. The monoisotopic (exact) mass is 151 g/mol. The molecule has 1 aliphatic carbocycles. The van der Waals surface area contributed by atoms with Crippen LogP contribution in [-0.2, 0) is 0 Å². The lowest BCUT2D eigenvalue weighted by atomic mass is 9.80. The molecule has 1 rings (SSSR count). The predicted octanol–water partition coefficient (Wildman–Crippen LogP) is 3.59. The van der Waals surface area contributed by atoms with Crippen LogP contribution in [0.5, 0.6) is 0 Å². The van der Waals surface area contributed by atoms with Gasteiger partial charge in [-0.15, -0.1) is 0 Å². The van der Waals surface area contributed by atoms with Gasteiger partial charge in [-0.2, -0.15) is 0 Å². The molecule has 63 valence electrons. The van der Waals surface area contributed by atoms with Gasteiger partial charge in [0.05, 0.1) is 0 Å². The number of hydrogen-bond acceptors (Lipinski definition) is 0. The third-order valence-electron chi connectivity index (χ3n) is 2.67. The maximum Gasteiger partial charge on any atom is -0.0198 e. The largest absolute Gasteiger partial charge is 0.0853 e. The smallest absolute Gasteiger partial charge is 0.0198 e. The lowest BCUT2D eigenvalue weighted by Crippen LogP contribution is -2.14. The lowest BCUT2D eigenvalue weighted by Gasteiger charge is -2.24. The van der Waals surface area contributed by atoms with Crippen LogP contribution in [0.3, 0.4) is 0 Å². The Hall–Kier alpha value is -0.260. The zero-order valence-corrected chi connectivity index (χ0v) is 8.15. The van der Waals surface area contributed by atoms with Crippen molar-refractivity contribution >= 4 is 0 Å². The van der Waals surface area contributed by atoms with Gasteiger partial charge in [-0.05, 0) is 37.5 Å². The first-order valence-electron chi connectivity index (χ1n) is 4.54. The van der Waals surface area contributed by atoms with Crippen molar-refractivity contribution in [3.05, 3.63) is 18.1 Å². The molecule has 0 aromatic heterocycles. The summed E-state index contributed by atoms with van der Waals surface area (Å²) in [6.45, 7) is 9.19. The van der Waals surface area contributed by atoms with Crippen LogP contribution in [0.4, 0.5) is 0 Å². The maximum atomic E-state index is 2.48. The standard InChI is InChI=1S/C11H19/c1-9-6-5-7-11(3,4)8-10(9)2/h6,8,10H,5,7H2,1-4H3. The first kappa shape index (κ1) is 8.83. The minimum Gasteiger partial charge on any atom is -0.0853 e. The molecule has 1 radical (unpaired) electrons. The molecule has 1 atom stereocenters. The second-order valence-corrected chi connectivity index (χ2v) is 4.43. The van der Waals surface area contributed by atoms with E-state index in [1.807, 2.05) is 0 Å². The molecule has 0 bridgehead atoms. The molecular weight excluding hydrogens is 132 g/mol. The van der Waals surface area contributed by atoms with Crippen molar-refractivity contribution < 1.29 is 0 Å². The summed E-state index contributed by atoms with van der Waals surface area (Å²) in [5, 5.41) is 0. The Balaban J connectivity index is 2.66. The van der Waals surface area contributed by atoms with Crippen molar-refractivity contribution in [3.63, 3.8) is 0 Å². The van der Waals surface area contributed by atoms with E-state index in [2.05, 4.69) is 40.2 Å². The van der Waals surface area contributed by atoms with Crippen LogP contribution in [-0.4, -0.2) is 0 Å². The minimum absolute atomic E-state index is 0.438. The predicted molar refractivity (Wildman–Crippen MR) is 50.2 cm³/mol. The van der Waals surface area contributed by atoms with Crippen LogP contribution in [0.2, 0.25) is 0 Å². The summed E-state index contributed by atoms with van der Waals surface area (Å²) >= 11 is 0. The zero-order chi connectivity index (χ0) is 8.48. The Morgan fingerprint density at radius 3 is 2.73 bits per heavy atom. The number of allylic oxidation sites excluding steroid dienone is 2. The van der Waals surface area contributed by atoms with Gasteiger partial charge >= 0.3 is 0 Å². The van der Waals surface area contributed by atoms with E-state index in [4.69, 9.17) is 0 Å². The van der Waals surface area contributed by atoms with E-state index in [0.29, 0.717) is 11.3 Å². The van der Waals surface area contributed by atoms with Crippen molar-refractivity contribution in [1.82, 2.24) is 0 Å². The fourth-order valence-corrected chi connectivity index (χ4v) is 1.75. The van der Waals surface area contributed by atoms with Gasteiger partial charge in [-0.25, -0.2) is 0 Å². The molecule has 1 unspecified atom stereocenters. The third kappa shape index (κ3) is 2.36. The Kier molecular flexibility index (Phi) is 2.41. The van der Waals surface area contributed by atoms with Crippen molar-refractivity contribution in [2.24, 2.45) is 11.3 Å². The fraction of sp³-hybridized carbons (Fsp3) is 0.727. The van der Waals surface area contributed by atoms with Gasteiger partial charge in [0.2, 0.25) is 0 Å². The van der Waals surface area contributed by atoms with E-state index in [1.54, 1.807) is 0 Å². The average Bonchev–Trinajstić information content (AvgIpc) is 1.93. The second kappa shape index (κ2) is 3.00. The van der Waals surface area contributed by atoms with E-state index >= 15 is 0 Å². The van der Waals surface area contributed by atoms with Gasteiger partial charge < -0.3 is 0 Å². The van der Waals surface area contributed by atoms with Crippen molar-refractivity contribution in [1.29, 1.82) is 0 Å². The highest BCUT2D eigenvalue weighted by molar-refractivity contribution is 5.12. The summed E-state index contributed by atoms with van der Waals surface area (Å²) in [6, 6.07) is 0. The highest BCUT2D eigenvalue weighted by Crippen LogP contribution is 2.35. The normalized spacial score (nSPS) is 30.9. The van der Waals surface area contributed by atoms with Crippen LogP contribution >= 0.6 is 0 Å². The summed E-state index contributed by atoms with van der Waals surface area (Å²) in [5.74, 6) is 0.674. The van der Waals surface area contributed by atoms with Crippen molar-refractivity contribution in [3.8, 4) is 0 Å². The lowest BCUT2D eigenvalue weighted by molar-refractivity contribution is 0.381. The molecule has 0 spiro atoms. The summed E-state index contributed by atoms with van der Waals surface area (Å²) in [6.07, 6.45) is 7.41. The van der Waals surface area contributed by atoms with E-state index < -0.39 is 0 Å². The molecule has 0 aromatic rings. The van der Waals surface area contributed by atoms with Gasteiger partial charge in [-0.3, -0.25) is 0 Å². The first-order valence-corrected chi connectivity index (χ1v) is 4.54. The maximum absolute atomic E-state index is 2.48. The van der Waals surface area contributed by atoms with Gasteiger partial charge in [0, 0.05) is 0 Å². The fourth-order valence-electron chi connectivity index (χ4n) is 1.75. The molecule has 0 amide bonds. The SMILES string of the molecule is CC1=CCCC(C)(C)[CH]C1C. The highest BCUT2D eigenvalue weighted by Gasteiger charge is 2.23. The molecule has 0 saturated carbocycles. The topological polar surface area (TPSA) is 0 Å². The molecule has 0 saturated heterocycles. The molecule has 0 N–H and O–H groups in total. The molecule has 0 heteroatoms. The molecule has 1 aliphatic rings. The number of rotatable bonds is 0. The average molecular weight is 151 g/mol. The highest BCUT2D eigenvalue weighted by atomic mass is 14.3. The minimum atomic E-state index is 0.438. The molecule has 0 heterocycles. The molecule has 0 nitrogen and oxygen atoms in total. The Labute approximate surface area is 70.7 Å². The van der Waals surface area contributed by atoms with E-state index in [9.17, 15) is 0 Å². The van der Waals surface area contributed by atoms with Gasteiger partial charge in [0.1, 0.15) is 0 Å². The van der Waals surface area contributed by atoms with Gasteiger partial charge in [0.25, 0.3) is 0 Å². The van der Waals surface area contributed by atoms with Crippen LogP contribution in [0.15, 0.2) is 11.6 Å². The van der Waals surface area contributed by atoms with E-state index in [1.165, 1.54) is 18.4 Å². The molecule has 11 heavy (non-hydrogen) atoms. The van der Waals surface area contributed by atoms with E-state index in [-0.39, 0.29) is 0 Å². The third-order valence-corrected chi connectivity index (χ3v) is 2.67. The summed E-state index contributed by atoms with van der Waals surface area (Å²) < 4.78 is 0.